The van der Waals surface area contributed by atoms with Crippen molar-refractivity contribution >= 4 is 21.5 Å². The van der Waals surface area contributed by atoms with Gasteiger partial charge < -0.3 is 0 Å². The van der Waals surface area contributed by atoms with Crippen LogP contribution in [0.3, 0.4) is 0 Å². The minimum atomic E-state index is -0.234. The first-order valence-corrected chi connectivity index (χ1v) is 13.1. The molecule has 1 unspecified atom stereocenters. The molecule has 0 amide bonds. The van der Waals surface area contributed by atoms with Crippen LogP contribution in [-0.2, 0) is 10.8 Å². The van der Waals surface area contributed by atoms with E-state index in [-0.39, 0.29) is 10.8 Å². The normalized spacial score (nSPS) is 21.1. The number of benzene rings is 4. The lowest BCUT2D eigenvalue weighted by Gasteiger charge is -2.53. The first kappa shape index (κ1) is 20.9. The third-order valence-corrected chi connectivity index (χ3v) is 8.99. The van der Waals surface area contributed by atoms with Crippen molar-refractivity contribution in [1.82, 2.24) is 0 Å². The lowest BCUT2D eigenvalue weighted by Crippen LogP contribution is -2.45. The molecule has 35 heavy (non-hydrogen) atoms. The maximum atomic E-state index is 4.02. The van der Waals surface area contributed by atoms with Crippen molar-refractivity contribution in [1.29, 1.82) is 0 Å². The number of fused-ring (bicyclic) bond motifs is 4. The van der Waals surface area contributed by atoms with Crippen molar-refractivity contribution in [3.8, 4) is 11.1 Å². The van der Waals surface area contributed by atoms with E-state index in [1.165, 1.54) is 49.0 Å². The minimum Gasteiger partial charge on any atom is -0.0788 e. The third-order valence-electron chi connectivity index (χ3n) is 8.33. The lowest BCUT2D eigenvalue weighted by atomic mass is 9.49. The molecule has 0 heterocycles. The number of rotatable bonds is 2. The Labute approximate surface area is 215 Å². The van der Waals surface area contributed by atoms with E-state index in [4.69, 9.17) is 0 Å². The fraction of sp³-hybridized carbons (Fsp3) is 0.118. The van der Waals surface area contributed by atoms with E-state index in [1.807, 2.05) is 0 Å². The summed E-state index contributed by atoms with van der Waals surface area (Å²) in [6, 6.07) is 37.9. The average molecular weight is 513 g/mol. The molecule has 0 saturated heterocycles. The van der Waals surface area contributed by atoms with Gasteiger partial charge in [-0.3, -0.25) is 0 Å². The largest absolute Gasteiger partial charge is 0.0788 e. The molecule has 0 fully saturated rings. The summed E-state index contributed by atoms with van der Waals surface area (Å²) in [5, 5.41) is 0. The molecule has 0 aliphatic heterocycles. The Morgan fingerprint density at radius 3 is 1.97 bits per heavy atom. The highest BCUT2D eigenvalue weighted by Crippen LogP contribution is 2.64. The molecule has 4 aromatic carbocycles. The van der Waals surface area contributed by atoms with E-state index in [0.717, 1.165) is 12.8 Å². The zero-order valence-corrected chi connectivity index (χ0v) is 21.0. The molecular formula is C34H25Br. The summed E-state index contributed by atoms with van der Waals surface area (Å²) < 4.78 is 1.19. The number of allylic oxidation sites excluding steroid dienone is 6. The molecule has 0 saturated carbocycles. The van der Waals surface area contributed by atoms with Crippen molar-refractivity contribution in [2.45, 2.75) is 23.7 Å². The van der Waals surface area contributed by atoms with Gasteiger partial charge in [-0.05, 0) is 63.4 Å². The quantitative estimate of drug-likeness (QED) is 0.251. The molecule has 0 aromatic heterocycles. The van der Waals surface area contributed by atoms with Crippen molar-refractivity contribution < 1.29 is 0 Å². The highest BCUT2D eigenvalue weighted by atomic mass is 79.9. The van der Waals surface area contributed by atoms with Crippen LogP contribution in [0.2, 0.25) is 0 Å². The van der Waals surface area contributed by atoms with Gasteiger partial charge in [-0.25, -0.2) is 0 Å². The van der Waals surface area contributed by atoms with Crippen molar-refractivity contribution in [3.63, 3.8) is 0 Å². The van der Waals surface area contributed by atoms with Crippen LogP contribution in [0, 0.1) is 0 Å². The van der Waals surface area contributed by atoms with E-state index >= 15 is 0 Å². The van der Waals surface area contributed by atoms with Crippen molar-refractivity contribution in [2.24, 2.45) is 0 Å². The fourth-order valence-corrected chi connectivity index (χ4v) is 7.58. The van der Waals surface area contributed by atoms with Crippen LogP contribution in [0.4, 0.5) is 0 Å². The molecule has 1 atom stereocenters. The summed E-state index contributed by atoms with van der Waals surface area (Å²) in [6.45, 7) is 0. The smallest absolute Gasteiger partial charge is 0.0483 e. The van der Waals surface area contributed by atoms with Gasteiger partial charge in [0.2, 0.25) is 0 Å². The van der Waals surface area contributed by atoms with E-state index < -0.39 is 0 Å². The van der Waals surface area contributed by atoms with Gasteiger partial charge in [0.15, 0.2) is 0 Å². The molecule has 0 nitrogen and oxygen atoms in total. The van der Waals surface area contributed by atoms with Gasteiger partial charge in [0.05, 0.1) is 0 Å². The second kappa shape index (κ2) is 7.80. The molecule has 0 bridgehead atoms. The van der Waals surface area contributed by atoms with Gasteiger partial charge in [-0.1, -0.05) is 137 Å². The van der Waals surface area contributed by atoms with Crippen LogP contribution in [0.15, 0.2) is 137 Å². The first-order valence-electron chi connectivity index (χ1n) is 12.3. The summed E-state index contributed by atoms with van der Waals surface area (Å²) in [7, 11) is 0. The molecule has 4 aromatic rings. The van der Waals surface area contributed by atoms with Crippen LogP contribution >= 0.6 is 15.9 Å². The molecule has 3 aliphatic carbocycles. The van der Waals surface area contributed by atoms with E-state index in [9.17, 15) is 0 Å². The average Bonchev–Trinajstić information content (AvgIpc) is 2.93. The maximum Gasteiger partial charge on any atom is 0.0483 e. The van der Waals surface area contributed by atoms with Gasteiger partial charge in [-0.15, -0.1) is 0 Å². The fourth-order valence-electron chi connectivity index (χ4n) is 6.88. The monoisotopic (exact) mass is 512 g/mol. The van der Waals surface area contributed by atoms with E-state index in [0.29, 0.717) is 0 Å². The second-order valence-corrected chi connectivity index (χ2v) is 10.8. The van der Waals surface area contributed by atoms with Crippen molar-refractivity contribution in [2.75, 3.05) is 0 Å². The molecule has 1 spiro atoms. The standard InChI is InChI=1S/C34H25Br/c35-31-20-10-18-29-27-16-7-8-17-28(27)30-19-9-15-26-21-22-33(23-34(26,30)32(29)31,24-11-3-1-4-12-24)25-13-5-2-6-14-25/h1-21H,22-23H2. The van der Waals surface area contributed by atoms with Crippen LogP contribution in [0.1, 0.15) is 35.1 Å². The van der Waals surface area contributed by atoms with Gasteiger partial charge in [0.1, 0.15) is 0 Å². The highest BCUT2D eigenvalue weighted by Gasteiger charge is 2.54. The molecule has 7 rings (SSSR count). The third kappa shape index (κ3) is 2.85. The Morgan fingerprint density at radius 2 is 1.26 bits per heavy atom. The Morgan fingerprint density at radius 1 is 0.629 bits per heavy atom. The van der Waals surface area contributed by atoms with Crippen molar-refractivity contribution in [3.05, 3.63) is 160 Å². The number of hydrogen-bond donors (Lipinski definition) is 0. The molecule has 168 valence electrons. The Kier molecular flexibility index (Phi) is 4.66. The van der Waals surface area contributed by atoms with Gasteiger partial charge >= 0.3 is 0 Å². The summed E-state index contributed by atoms with van der Waals surface area (Å²) in [6.07, 6.45) is 11.4. The maximum absolute atomic E-state index is 4.02. The summed E-state index contributed by atoms with van der Waals surface area (Å²) in [5.41, 5.74) is 10.7. The molecule has 0 radical (unpaired) electrons. The van der Waals surface area contributed by atoms with Gasteiger partial charge in [0.25, 0.3) is 0 Å². The lowest BCUT2D eigenvalue weighted by molar-refractivity contribution is 0.379. The Balaban J connectivity index is 1.59. The minimum absolute atomic E-state index is 0.130. The molecule has 0 N–H and O–H groups in total. The van der Waals surface area contributed by atoms with Crippen LogP contribution in [0.25, 0.3) is 16.7 Å². The summed E-state index contributed by atoms with van der Waals surface area (Å²) >= 11 is 4.02. The summed E-state index contributed by atoms with van der Waals surface area (Å²) in [4.78, 5) is 0. The zero-order chi connectivity index (χ0) is 23.5. The van der Waals surface area contributed by atoms with E-state index in [1.54, 1.807) is 0 Å². The summed E-state index contributed by atoms with van der Waals surface area (Å²) in [5.74, 6) is 0. The topological polar surface area (TPSA) is 0 Å². The van der Waals surface area contributed by atoms with Crippen LogP contribution < -0.4 is 0 Å². The Hall–Kier alpha value is -3.42. The molecule has 3 aliphatic rings. The van der Waals surface area contributed by atoms with E-state index in [2.05, 4.69) is 143 Å². The highest BCUT2D eigenvalue weighted by molar-refractivity contribution is 9.10. The van der Waals surface area contributed by atoms with Gasteiger partial charge in [-0.2, -0.15) is 0 Å². The molecule has 1 heteroatoms. The Bertz CT molecular complexity index is 1500. The number of hydrogen-bond acceptors (Lipinski definition) is 0. The number of halogens is 1. The zero-order valence-electron chi connectivity index (χ0n) is 19.4. The predicted molar refractivity (Wildman–Crippen MR) is 149 cm³/mol. The molecular weight excluding hydrogens is 488 g/mol. The second-order valence-electron chi connectivity index (χ2n) is 9.91. The van der Waals surface area contributed by atoms with Crippen LogP contribution in [-0.4, -0.2) is 0 Å². The van der Waals surface area contributed by atoms with Gasteiger partial charge in [0, 0.05) is 15.3 Å². The van der Waals surface area contributed by atoms with Crippen LogP contribution in [0.5, 0.6) is 0 Å². The first-order chi connectivity index (χ1) is 17.2. The predicted octanol–water partition coefficient (Wildman–Crippen LogP) is 9.03. The SMILES string of the molecule is Brc1cccc2c1C13CC(c4ccccc4)(c4ccccc4)CC=C1C=CC=C3c1ccccc1-2.